The molecule has 0 aliphatic rings. The van der Waals surface area contributed by atoms with Crippen LogP contribution in [0.5, 0.6) is 0 Å². The van der Waals surface area contributed by atoms with Crippen molar-refractivity contribution in [3.63, 3.8) is 0 Å². The molecule has 1 unspecified atom stereocenters. The molecule has 0 saturated carbocycles. The van der Waals surface area contributed by atoms with Crippen molar-refractivity contribution in [2.24, 2.45) is 0 Å². The lowest BCUT2D eigenvalue weighted by molar-refractivity contribution is 0.363. The first-order chi connectivity index (χ1) is 5.13. The molecule has 0 amide bonds. The number of rotatable bonds is 1. The highest BCUT2D eigenvalue weighted by Gasteiger charge is 2.11. The summed E-state index contributed by atoms with van der Waals surface area (Å²) in [6.45, 7) is 1.42. The molecule has 1 rings (SSSR count). The van der Waals surface area contributed by atoms with E-state index in [9.17, 15) is 4.39 Å². The summed E-state index contributed by atoms with van der Waals surface area (Å²) in [6, 6.07) is 0. The van der Waals surface area contributed by atoms with E-state index in [1.54, 1.807) is 0 Å². The molecule has 0 saturated heterocycles. The predicted octanol–water partition coefficient (Wildman–Crippen LogP) is 2.77. The summed E-state index contributed by atoms with van der Waals surface area (Å²) in [4.78, 5) is 7.46. The minimum absolute atomic E-state index is 0.306. The smallest absolute Gasteiger partial charge is 0.146 e. The predicted molar refractivity (Wildman–Crippen MR) is 49.3 cm³/mol. The molecule has 0 aliphatic heterocycles. The Kier molecular flexibility index (Phi) is 3.00. The molecule has 2 nitrogen and oxygen atoms in total. The number of halogens is 3. The van der Waals surface area contributed by atoms with E-state index in [-0.39, 0.29) is 0 Å². The fourth-order valence-electron chi connectivity index (χ4n) is 0.638. The summed E-state index contributed by atoms with van der Waals surface area (Å²) in [5.41, 5.74) is 0.352. The van der Waals surface area contributed by atoms with Gasteiger partial charge < -0.3 is 0 Å². The quantitative estimate of drug-likeness (QED) is 0.586. The maximum atomic E-state index is 12.7. The standard InChI is InChI=1S/C6H5ClFIN2/c1-3(8)5-4(9)6(7)11-2-10-5/h2-3H,1H3. The van der Waals surface area contributed by atoms with Gasteiger partial charge in [-0.05, 0) is 29.5 Å². The fourth-order valence-corrected chi connectivity index (χ4v) is 1.49. The van der Waals surface area contributed by atoms with Crippen LogP contribution in [0.4, 0.5) is 4.39 Å². The van der Waals surface area contributed by atoms with Crippen LogP contribution in [0, 0.1) is 3.57 Å². The highest BCUT2D eigenvalue weighted by atomic mass is 127. The zero-order valence-corrected chi connectivity index (χ0v) is 8.60. The summed E-state index contributed by atoms with van der Waals surface area (Å²) in [5.74, 6) is 0. The minimum atomic E-state index is -1.10. The van der Waals surface area contributed by atoms with E-state index in [1.165, 1.54) is 13.3 Å². The van der Waals surface area contributed by atoms with Crippen LogP contribution in [-0.4, -0.2) is 9.97 Å². The topological polar surface area (TPSA) is 25.8 Å². The van der Waals surface area contributed by atoms with Crippen molar-refractivity contribution in [2.75, 3.05) is 0 Å². The van der Waals surface area contributed by atoms with Crippen LogP contribution in [0.1, 0.15) is 18.8 Å². The van der Waals surface area contributed by atoms with E-state index < -0.39 is 6.17 Å². The Hall–Kier alpha value is 0.0300. The normalized spacial score (nSPS) is 13.1. The van der Waals surface area contributed by atoms with Crippen molar-refractivity contribution in [2.45, 2.75) is 13.1 Å². The van der Waals surface area contributed by atoms with E-state index >= 15 is 0 Å². The van der Waals surface area contributed by atoms with E-state index in [1.807, 2.05) is 22.6 Å². The Bertz CT molecular complexity index is 267. The first-order valence-corrected chi connectivity index (χ1v) is 4.38. The van der Waals surface area contributed by atoms with Gasteiger partial charge in [0.2, 0.25) is 0 Å². The molecular formula is C6H5ClFIN2. The SMILES string of the molecule is CC(F)c1ncnc(Cl)c1I. The Morgan fingerprint density at radius 2 is 2.27 bits per heavy atom. The molecule has 0 spiro atoms. The summed E-state index contributed by atoms with van der Waals surface area (Å²) in [7, 11) is 0. The highest BCUT2D eigenvalue weighted by Crippen LogP contribution is 2.24. The lowest BCUT2D eigenvalue weighted by Gasteiger charge is -2.03. The average Bonchev–Trinajstić information content (AvgIpc) is 1.94. The molecule has 5 heteroatoms. The van der Waals surface area contributed by atoms with Crippen LogP contribution in [-0.2, 0) is 0 Å². The first-order valence-electron chi connectivity index (χ1n) is 2.93. The largest absolute Gasteiger partial charge is 0.241 e. The average molecular weight is 286 g/mol. The van der Waals surface area contributed by atoms with E-state index in [2.05, 4.69) is 9.97 Å². The van der Waals surface area contributed by atoms with Crippen LogP contribution >= 0.6 is 34.2 Å². The third-order valence-electron chi connectivity index (χ3n) is 1.15. The van der Waals surface area contributed by atoms with Crippen LogP contribution in [0.2, 0.25) is 5.15 Å². The molecule has 1 atom stereocenters. The highest BCUT2D eigenvalue weighted by molar-refractivity contribution is 14.1. The van der Waals surface area contributed by atoms with Crippen LogP contribution in [0.25, 0.3) is 0 Å². The molecule has 0 aromatic carbocycles. The van der Waals surface area contributed by atoms with Gasteiger partial charge in [-0.3, -0.25) is 0 Å². The summed E-state index contributed by atoms with van der Waals surface area (Å²) in [6.07, 6.45) is 0.165. The second-order valence-electron chi connectivity index (χ2n) is 1.98. The number of nitrogens with zero attached hydrogens (tertiary/aromatic N) is 2. The molecule has 11 heavy (non-hydrogen) atoms. The fraction of sp³-hybridized carbons (Fsp3) is 0.333. The van der Waals surface area contributed by atoms with Gasteiger partial charge in [-0.25, -0.2) is 14.4 Å². The molecule has 60 valence electrons. The maximum Gasteiger partial charge on any atom is 0.146 e. The molecular weight excluding hydrogens is 281 g/mol. The van der Waals surface area contributed by atoms with E-state index in [0.29, 0.717) is 14.4 Å². The Balaban J connectivity index is 3.17. The molecule has 0 fully saturated rings. The first kappa shape index (κ1) is 9.12. The Morgan fingerprint density at radius 3 is 2.73 bits per heavy atom. The zero-order valence-electron chi connectivity index (χ0n) is 5.68. The number of hydrogen-bond acceptors (Lipinski definition) is 2. The van der Waals surface area contributed by atoms with Gasteiger partial charge in [-0.1, -0.05) is 11.6 Å². The maximum absolute atomic E-state index is 12.7. The zero-order chi connectivity index (χ0) is 8.43. The number of aromatic nitrogens is 2. The molecule has 0 radical (unpaired) electrons. The molecule has 1 heterocycles. The van der Waals surface area contributed by atoms with Gasteiger partial charge >= 0.3 is 0 Å². The third-order valence-corrected chi connectivity index (χ3v) is 2.82. The van der Waals surface area contributed by atoms with Crippen molar-refractivity contribution in [1.29, 1.82) is 0 Å². The van der Waals surface area contributed by atoms with Crippen molar-refractivity contribution in [3.8, 4) is 0 Å². The van der Waals surface area contributed by atoms with Crippen molar-refractivity contribution >= 4 is 34.2 Å². The minimum Gasteiger partial charge on any atom is -0.241 e. The van der Waals surface area contributed by atoms with Gasteiger partial charge in [-0.15, -0.1) is 0 Å². The molecule has 1 aromatic rings. The summed E-state index contributed by atoms with van der Waals surface area (Å²) < 4.78 is 13.3. The summed E-state index contributed by atoms with van der Waals surface area (Å²) >= 11 is 7.56. The summed E-state index contributed by atoms with van der Waals surface area (Å²) in [5, 5.41) is 0.306. The number of alkyl halides is 1. The van der Waals surface area contributed by atoms with Crippen molar-refractivity contribution < 1.29 is 4.39 Å². The second kappa shape index (κ2) is 3.62. The van der Waals surface area contributed by atoms with Gasteiger partial charge in [0.05, 0.1) is 9.26 Å². The lowest BCUT2D eigenvalue weighted by atomic mass is 10.3. The second-order valence-corrected chi connectivity index (χ2v) is 3.42. The van der Waals surface area contributed by atoms with E-state index in [0.717, 1.165) is 0 Å². The molecule has 1 aromatic heterocycles. The van der Waals surface area contributed by atoms with Gasteiger partial charge in [0, 0.05) is 0 Å². The Labute approximate surface area is 82.3 Å². The van der Waals surface area contributed by atoms with Gasteiger partial charge in [0.25, 0.3) is 0 Å². The number of hydrogen-bond donors (Lipinski definition) is 0. The Morgan fingerprint density at radius 1 is 1.64 bits per heavy atom. The van der Waals surface area contributed by atoms with Gasteiger partial charge in [0.15, 0.2) is 0 Å². The molecule has 0 N–H and O–H groups in total. The van der Waals surface area contributed by atoms with Crippen LogP contribution in [0.3, 0.4) is 0 Å². The van der Waals surface area contributed by atoms with Crippen molar-refractivity contribution in [3.05, 3.63) is 20.7 Å². The van der Waals surface area contributed by atoms with E-state index in [4.69, 9.17) is 11.6 Å². The van der Waals surface area contributed by atoms with Gasteiger partial charge in [-0.2, -0.15) is 0 Å². The van der Waals surface area contributed by atoms with Crippen LogP contribution in [0.15, 0.2) is 6.33 Å². The third kappa shape index (κ3) is 1.99. The molecule has 0 aliphatic carbocycles. The monoisotopic (exact) mass is 286 g/mol. The lowest BCUT2D eigenvalue weighted by Crippen LogP contribution is -1.97. The van der Waals surface area contributed by atoms with Crippen LogP contribution < -0.4 is 0 Å². The van der Waals surface area contributed by atoms with Crippen molar-refractivity contribution in [1.82, 2.24) is 9.97 Å². The molecule has 0 bridgehead atoms. The van der Waals surface area contributed by atoms with Gasteiger partial charge in [0.1, 0.15) is 17.7 Å².